The Bertz CT molecular complexity index is 775. The first-order chi connectivity index (χ1) is 8.66. The lowest BCUT2D eigenvalue weighted by Gasteiger charge is -2.00. The zero-order valence-electron chi connectivity index (χ0n) is 9.16. The maximum absolute atomic E-state index is 11.7. The van der Waals surface area contributed by atoms with Gasteiger partial charge in [0.2, 0.25) is 0 Å². The molecule has 0 atom stereocenters. The number of nitrogen functional groups attached to an aromatic ring is 1. The van der Waals surface area contributed by atoms with Crippen LogP contribution in [0.2, 0.25) is 0 Å². The molecule has 0 unspecified atom stereocenters. The first kappa shape index (κ1) is 10.3. The van der Waals surface area contributed by atoms with Crippen molar-refractivity contribution < 1.29 is 5.11 Å². The molecule has 0 aliphatic heterocycles. The molecular weight excluding hydrogens is 234 g/mol. The molecule has 0 fully saturated rings. The number of fused-ring (bicyclic) bond motifs is 1. The van der Waals surface area contributed by atoms with Crippen LogP contribution in [-0.4, -0.2) is 24.9 Å². The smallest absolute Gasteiger partial charge is 0.263 e. The van der Waals surface area contributed by atoms with E-state index in [2.05, 4.69) is 15.1 Å². The highest BCUT2D eigenvalue weighted by Gasteiger charge is 2.14. The van der Waals surface area contributed by atoms with E-state index < -0.39 is 5.56 Å². The van der Waals surface area contributed by atoms with Crippen molar-refractivity contribution in [2.24, 2.45) is 0 Å². The molecule has 3 rings (SSSR count). The van der Waals surface area contributed by atoms with Crippen LogP contribution in [-0.2, 0) is 0 Å². The van der Waals surface area contributed by atoms with Crippen molar-refractivity contribution >= 4 is 16.7 Å². The van der Waals surface area contributed by atoms with Crippen LogP contribution in [0.4, 0.5) is 5.82 Å². The molecule has 0 amide bonds. The number of aromatic hydroxyl groups is 1. The van der Waals surface area contributed by atoms with Gasteiger partial charge >= 0.3 is 0 Å². The summed E-state index contributed by atoms with van der Waals surface area (Å²) in [5, 5.41) is 13.7. The fourth-order valence-corrected chi connectivity index (χ4v) is 1.78. The molecule has 7 nitrogen and oxygen atoms in total. The largest absolute Gasteiger partial charge is 0.494 e. The maximum Gasteiger partial charge on any atom is 0.263 e. The number of hydrogen-bond donors (Lipinski definition) is 3. The van der Waals surface area contributed by atoms with E-state index in [9.17, 15) is 9.90 Å². The quantitative estimate of drug-likeness (QED) is 0.573. The van der Waals surface area contributed by atoms with Gasteiger partial charge in [-0.05, 0) is 12.1 Å². The van der Waals surface area contributed by atoms with Gasteiger partial charge in [-0.15, -0.1) is 0 Å². The predicted molar refractivity (Wildman–Crippen MR) is 65.6 cm³/mol. The third-order valence-electron chi connectivity index (χ3n) is 2.56. The molecule has 0 saturated heterocycles. The van der Waals surface area contributed by atoms with Crippen LogP contribution in [0.3, 0.4) is 0 Å². The number of nitrogens with zero attached hydrogens (tertiary/aromatic N) is 3. The molecule has 0 radical (unpaired) electrons. The summed E-state index contributed by atoms with van der Waals surface area (Å²) in [5.41, 5.74) is 5.72. The molecule has 0 aromatic carbocycles. The fourth-order valence-electron chi connectivity index (χ4n) is 1.78. The number of aromatic amines is 1. The molecule has 0 saturated carbocycles. The number of anilines is 1. The second-order valence-electron chi connectivity index (χ2n) is 3.73. The average molecular weight is 243 g/mol. The monoisotopic (exact) mass is 243 g/mol. The van der Waals surface area contributed by atoms with E-state index >= 15 is 0 Å². The van der Waals surface area contributed by atoms with Gasteiger partial charge in [-0.3, -0.25) is 9.78 Å². The van der Waals surface area contributed by atoms with Gasteiger partial charge in [-0.2, -0.15) is 9.78 Å². The van der Waals surface area contributed by atoms with Crippen molar-refractivity contribution in [2.75, 3.05) is 5.73 Å². The molecule has 3 heterocycles. The highest BCUT2D eigenvalue weighted by Crippen LogP contribution is 2.21. The third-order valence-corrected chi connectivity index (χ3v) is 2.56. The van der Waals surface area contributed by atoms with E-state index in [1.807, 2.05) is 0 Å². The van der Waals surface area contributed by atoms with Gasteiger partial charge in [0.15, 0.2) is 11.7 Å². The molecule has 4 N–H and O–H groups in total. The van der Waals surface area contributed by atoms with Crippen LogP contribution < -0.4 is 11.3 Å². The van der Waals surface area contributed by atoms with Crippen LogP contribution in [0.5, 0.6) is 5.88 Å². The molecule has 18 heavy (non-hydrogen) atoms. The van der Waals surface area contributed by atoms with Crippen molar-refractivity contribution in [1.82, 2.24) is 19.7 Å². The zero-order valence-corrected chi connectivity index (χ0v) is 9.16. The molecular formula is C11H9N5O2. The summed E-state index contributed by atoms with van der Waals surface area (Å²) in [4.78, 5) is 18.1. The predicted octanol–water partition coefficient (Wildman–Crippen LogP) is 0.397. The van der Waals surface area contributed by atoms with E-state index in [-0.39, 0.29) is 17.1 Å². The first-order valence-electron chi connectivity index (χ1n) is 5.19. The van der Waals surface area contributed by atoms with Gasteiger partial charge in [0, 0.05) is 12.3 Å². The molecule has 7 heteroatoms. The Kier molecular flexibility index (Phi) is 2.06. The van der Waals surface area contributed by atoms with Gasteiger partial charge in [0.05, 0.1) is 0 Å². The number of aromatic nitrogens is 4. The van der Waals surface area contributed by atoms with E-state index in [1.165, 1.54) is 10.7 Å². The average Bonchev–Trinajstić information content (AvgIpc) is 2.67. The van der Waals surface area contributed by atoms with Crippen LogP contribution in [0, 0.1) is 0 Å². The number of rotatable bonds is 1. The van der Waals surface area contributed by atoms with Crippen molar-refractivity contribution in [3.8, 4) is 11.7 Å². The number of nitrogens with two attached hydrogens (primary N) is 1. The Balaban J connectivity index is 2.37. The van der Waals surface area contributed by atoms with Crippen molar-refractivity contribution in [3.05, 3.63) is 40.8 Å². The minimum atomic E-state index is -0.482. The minimum absolute atomic E-state index is 0.185. The number of hydrogen-bond acceptors (Lipinski definition) is 5. The van der Waals surface area contributed by atoms with Gasteiger partial charge in [0.1, 0.15) is 16.7 Å². The number of H-pyrrole nitrogens is 1. The SMILES string of the molecule is Nc1c2c(=O)[nH]c(O)cc2nn1-c1ccccn1. The maximum atomic E-state index is 11.7. The second kappa shape index (κ2) is 3.59. The normalized spacial score (nSPS) is 10.9. The Labute approximate surface area is 101 Å². The Morgan fingerprint density at radius 3 is 2.94 bits per heavy atom. The minimum Gasteiger partial charge on any atom is -0.494 e. The van der Waals surface area contributed by atoms with E-state index in [0.29, 0.717) is 11.3 Å². The fraction of sp³-hybridized carbons (Fsp3) is 0. The second-order valence-corrected chi connectivity index (χ2v) is 3.73. The Morgan fingerprint density at radius 1 is 1.39 bits per heavy atom. The van der Waals surface area contributed by atoms with E-state index in [0.717, 1.165) is 0 Å². The lowest BCUT2D eigenvalue weighted by Crippen LogP contribution is -2.08. The molecule has 0 aliphatic carbocycles. The van der Waals surface area contributed by atoms with Gasteiger partial charge in [0.25, 0.3) is 5.56 Å². The summed E-state index contributed by atoms with van der Waals surface area (Å²) in [5.74, 6) is 0.438. The van der Waals surface area contributed by atoms with Crippen LogP contribution in [0.25, 0.3) is 16.7 Å². The topological polar surface area (TPSA) is 110 Å². The summed E-state index contributed by atoms with van der Waals surface area (Å²) in [6.45, 7) is 0. The van der Waals surface area contributed by atoms with Gasteiger partial charge in [-0.25, -0.2) is 4.98 Å². The lowest BCUT2D eigenvalue weighted by atomic mass is 10.3. The molecule has 0 spiro atoms. The first-order valence-corrected chi connectivity index (χ1v) is 5.19. The summed E-state index contributed by atoms with van der Waals surface area (Å²) in [7, 11) is 0. The van der Waals surface area contributed by atoms with Gasteiger partial charge < -0.3 is 10.8 Å². The van der Waals surface area contributed by atoms with Crippen LogP contribution >= 0.6 is 0 Å². The Hall–Kier alpha value is -2.83. The zero-order chi connectivity index (χ0) is 12.7. The van der Waals surface area contributed by atoms with Crippen LogP contribution in [0.1, 0.15) is 0 Å². The molecule has 0 aliphatic rings. The highest BCUT2D eigenvalue weighted by molar-refractivity contribution is 5.89. The van der Waals surface area contributed by atoms with Crippen LogP contribution in [0.15, 0.2) is 35.3 Å². The van der Waals surface area contributed by atoms with Crippen molar-refractivity contribution in [3.63, 3.8) is 0 Å². The third kappa shape index (κ3) is 1.41. The summed E-state index contributed by atoms with van der Waals surface area (Å²) >= 11 is 0. The summed E-state index contributed by atoms with van der Waals surface area (Å²) < 4.78 is 1.36. The highest BCUT2D eigenvalue weighted by atomic mass is 16.3. The summed E-state index contributed by atoms with van der Waals surface area (Å²) in [6, 6.07) is 6.61. The van der Waals surface area contributed by atoms with E-state index in [4.69, 9.17) is 5.73 Å². The molecule has 3 aromatic rings. The molecule has 0 bridgehead atoms. The lowest BCUT2D eigenvalue weighted by molar-refractivity contribution is 0.453. The van der Waals surface area contributed by atoms with E-state index in [1.54, 1.807) is 24.4 Å². The molecule has 90 valence electrons. The summed E-state index contributed by atoms with van der Waals surface area (Å²) in [6.07, 6.45) is 1.60. The van der Waals surface area contributed by atoms with Crippen molar-refractivity contribution in [2.45, 2.75) is 0 Å². The Morgan fingerprint density at radius 2 is 2.22 bits per heavy atom. The van der Waals surface area contributed by atoms with Crippen molar-refractivity contribution in [1.29, 1.82) is 0 Å². The van der Waals surface area contributed by atoms with Gasteiger partial charge in [-0.1, -0.05) is 6.07 Å². The number of pyridine rings is 2. The molecule has 3 aromatic heterocycles. The number of nitrogens with one attached hydrogen (secondary N) is 1. The standard InChI is InChI=1S/C11H9N5O2/c12-10-9-6(5-8(17)14-11(9)18)15-16(10)7-3-1-2-4-13-7/h1-5,17H,12H2,(H,14,18).